The van der Waals surface area contributed by atoms with Crippen molar-refractivity contribution in [3.63, 3.8) is 0 Å². The lowest BCUT2D eigenvalue weighted by Gasteiger charge is -2.09. The van der Waals surface area contributed by atoms with Gasteiger partial charge in [-0.2, -0.15) is 0 Å². The second-order valence-electron chi connectivity index (χ2n) is 3.57. The van der Waals surface area contributed by atoms with Crippen molar-refractivity contribution in [2.45, 2.75) is 6.54 Å². The first-order valence-corrected chi connectivity index (χ1v) is 5.40. The fraction of sp³-hybridized carbons (Fsp3) is 0.154. The zero-order valence-corrected chi connectivity index (χ0v) is 9.89. The summed E-state index contributed by atoms with van der Waals surface area (Å²) in [6.45, 7) is 0.152. The van der Waals surface area contributed by atoms with Gasteiger partial charge >= 0.3 is 0 Å². The van der Waals surface area contributed by atoms with Gasteiger partial charge in [-0.15, -0.1) is 0 Å². The molecule has 0 radical (unpaired) electrons. The van der Waals surface area contributed by atoms with Gasteiger partial charge in [0.1, 0.15) is 11.6 Å². The maximum absolute atomic E-state index is 13.5. The number of nitrogens with zero attached hydrogens (tertiary/aromatic N) is 1. The zero-order chi connectivity index (χ0) is 13.0. The first-order valence-electron chi connectivity index (χ1n) is 5.40. The number of aromatic nitrogens is 1. The average molecular weight is 248 g/mol. The third-order valence-corrected chi connectivity index (χ3v) is 2.42. The van der Waals surface area contributed by atoms with Crippen LogP contribution in [0.5, 0.6) is 17.4 Å². The van der Waals surface area contributed by atoms with E-state index in [1.54, 1.807) is 30.5 Å². The van der Waals surface area contributed by atoms with Gasteiger partial charge in [-0.3, -0.25) is 0 Å². The van der Waals surface area contributed by atoms with Crippen molar-refractivity contribution in [1.29, 1.82) is 0 Å². The monoisotopic (exact) mass is 248 g/mol. The minimum atomic E-state index is -0.398. The van der Waals surface area contributed by atoms with E-state index in [2.05, 4.69) is 4.98 Å². The molecule has 0 amide bonds. The van der Waals surface area contributed by atoms with Gasteiger partial charge in [0.25, 0.3) is 5.88 Å². The van der Waals surface area contributed by atoms with Gasteiger partial charge in [0.15, 0.2) is 5.75 Å². The second-order valence-corrected chi connectivity index (χ2v) is 3.57. The molecule has 0 aliphatic carbocycles. The summed E-state index contributed by atoms with van der Waals surface area (Å²) in [6, 6.07) is 7.94. The summed E-state index contributed by atoms with van der Waals surface area (Å²) >= 11 is 0. The van der Waals surface area contributed by atoms with Gasteiger partial charge in [-0.05, 0) is 18.2 Å². The molecule has 0 aliphatic heterocycles. The van der Waals surface area contributed by atoms with E-state index >= 15 is 0 Å². The van der Waals surface area contributed by atoms with Crippen LogP contribution >= 0.6 is 0 Å². The molecule has 2 rings (SSSR count). The van der Waals surface area contributed by atoms with Gasteiger partial charge in [0.05, 0.1) is 7.11 Å². The Morgan fingerprint density at radius 3 is 2.83 bits per heavy atom. The summed E-state index contributed by atoms with van der Waals surface area (Å²) in [4.78, 5) is 4.02. The second kappa shape index (κ2) is 5.46. The minimum absolute atomic E-state index is 0.152. The lowest BCUT2D eigenvalue weighted by molar-refractivity contribution is 0.368. The first kappa shape index (κ1) is 12.3. The van der Waals surface area contributed by atoms with E-state index in [1.807, 2.05) is 0 Å². The number of halogens is 1. The quantitative estimate of drug-likeness (QED) is 0.903. The van der Waals surface area contributed by atoms with Crippen LogP contribution in [0.15, 0.2) is 36.5 Å². The average Bonchev–Trinajstić information content (AvgIpc) is 2.39. The van der Waals surface area contributed by atoms with E-state index < -0.39 is 5.82 Å². The maximum atomic E-state index is 13.5. The number of pyridine rings is 1. The lowest BCUT2D eigenvalue weighted by atomic mass is 10.2. The molecule has 4 nitrogen and oxygen atoms in total. The third-order valence-electron chi connectivity index (χ3n) is 2.42. The number of rotatable bonds is 4. The van der Waals surface area contributed by atoms with Crippen LogP contribution in [0.25, 0.3) is 0 Å². The largest absolute Gasteiger partial charge is 0.491 e. The third kappa shape index (κ3) is 2.57. The molecule has 0 saturated heterocycles. The molecular formula is C13H13FN2O2. The van der Waals surface area contributed by atoms with Crippen LogP contribution in [0.3, 0.4) is 0 Å². The summed E-state index contributed by atoms with van der Waals surface area (Å²) < 4.78 is 24.1. The highest BCUT2D eigenvalue weighted by molar-refractivity contribution is 5.38. The molecule has 2 aromatic rings. The van der Waals surface area contributed by atoms with Gasteiger partial charge in [0, 0.05) is 24.4 Å². The van der Waals surface area contributed by atoms with Crippen molar-refractivity contribution in [1.82, 2.24) is 4.98 Å². The molecule has 1 aromatic heterocycles. The van der Waals surface area contributed by atoms with E-state index in [0.717, 1.165) is 0 Å². The Labute approximate surface area is 104 Å². The van der Waals surface area contributed by atoms with E-state index in [9.17, 15) is 4.39 Å². The minimum Gasteiger partial charge on any atom is -0.491 e. The molecule has 0 spiro atoms. The van der Waals surface area contributed by atoms with Crippen molar-refractivity contribution >= 4 is 0 Å². The molecule has 2 N–H and O–H groups in total. The fourth-order valence-electron chi connectivity index (χ4n) is 1.48. The number of methoxy groups -OCH3 is 1. The molecule has 18 heavy (non-hydrogen) atoms. The predicted molar refractivity (Wildman–Crippen MR) is 65.2 cm³/mol. The highest BCUT2D eigenvalue weighted by atomic mass is 19.1. The van der Waals surface area contributed by atoms with E-state index in [1.165, 1.54) is 13.2 Å². The molecule has 0 fully saturated rings. The number of benzene rings is 1. The highest BCUT2D eigenvalue weighted by Gasteiger charge is 2.08. The molecule has 94 valence electrons. The van der Waals surface area contributed by atoms with Gasteiger partial charge < -0.3 is 15.2 Å². The topological polar surface area (TPSA) is 57.4 Å². The number of nitrogens with two attached hydrogens (primary N) is 1. The Balaban J connectivity index is 2.26. The molecule has 0 bridgehead atoms. The Morgan fingerprint density at radius 1 is 1.33 bits per heavy atom. The van der Waals surface area contributed by atoms with Gasteiger partial charge in [0.2, 0.25) is 0 Å². The van der Waals surface area contributed by atoms with Crippen molar-refractivity contribution in [2.24, 2.45) is 5.73 Å². The van der Waals surface area contributed by atoms with Crippen molar-refractivity contribution < 1.29 is 13.9 Å². The van der Waals surface area contributed by atoms with E-state index in [-0.39, 0.29) is 6.54 Å². The molecular weight excluding hydrogens is 235 g/mol. The number of hydrogen-bond acceptors (Lipinski definition) is 4. The van der Waals surface area contributed by atoms with E-state index in [0.29, 0.717) is 22.9 Å². The van der Waals surface area contributed by atoms with Crippen LogP contribution in [0, 0.1) is 5.82 Å². The lowest BCUT2D eigenvalue weighted by Crippen LogP contribution is -2.00. The molecule has 0 atom stereocenters. The number of ether oxygens (including phenoxy) is 2. The van der Waals surface area contributed by atoms with Crippen LogP contribution in [0.1, 0.15) is 5.56 Å². The highest BCUT2D eigenvalue weighted by Crippen LogP contribution is 2.29. The summed E-state index contributed by atoms with van der Waals surface area (Å²) in [5.74, 6) is 0.729. The normalized spacial score (nSPS) is 10.2. The Bertz CT molecular complexity index is 546. The van der Waals surface area contributed by atoms with Crippen LogP contribution in [0.4, 0.5) is 4.39 Å². The Kier molecular flexibility index (Phi) is 3.74. The Morgan fingerprint density at radius 2 is 2.17 bits per heavy atom. The molecule has 1 heterocycles. The predicted octanol–water partition coefficient (Wildman–Crippen LogP) is 2.48. The molecule has 0 aliphatic rings. The van der Waals surface area contributed by atoms with Crippen molar-refractivity contribution in [3.05, 3.63) is 47.9 Å². The summed E-state index contributed by atoms with van der Waals surface area (Å²) in [5, 5.41) is 0. The molecule has 0 saturated carbocycles. The van der Waals surface area contributed by atoms with Crippen LogP contribution in [0.2, 0.25) is 0 Å². The molecule has 0 unspecified atom stereocenters. The van der Waals surface area contributed by atoms with Crippen LogP contribution in [-0.4, -0.2) is 12.1 Å². The molecule has 1 aromatic carbocycles. The SMILES string of the molecule is COc1cccnc1Oc1ccc(CN)c(F)c1. The van der Waals surface area contributed by atoms with Crippen molar-refractivity contribution in [2.75, 3.05) is 7.11 Å². The summed E-state index contributed by atoms with van der Waals surface area (Å²) in [6.07, 6.45) is 1.57. The summed E-state index contributed by atoms with van der Waals surface area (Å²) in [7, 11) is 1.52. The Hall–Kier alpha value is -2.14. The smallest absolute Gasteiger partial charge is 0.262 e. The standard InChI is InChI=1S/C13H13FN2O2/c1-17-12-3-2-6-16-13(12)18-10-5-4-9(8-15)11(14)7-10/h2-7H,8,15H2,1H3. The van der Waals surface area contributed by atoms with Gasteiger partial charge in [-0.25, -0.2) is 9.37 Å². The van der Waals surface area contributed by atoms with Crippen LogP contribution < -0.4 is 15.2 Å². The number of hydrogen-bond donors (Lipinski definition) is 1. The first-order chi connectivity index (χ1) is 8.74. The van der Waals surface area contributed by atoms with Crippen molar-refractivity contribution in [3.8, 4) is 17.4 Å². The fourth-order valence-corrected chi connectivity index (χ4v) is 1.48. The maximum Gasteiger partial charge on any atom is 0.262 e. The van der Waals surface area contributed by atoms with Gasteiger partial charge in [-0.1, -0.05) is 6.07 Å². The van der Waals surface area contributed by atoms with E-state index in [4.69, 9.17) is 15.2 Å². The zero-order valence-electron chi connectivity index (χ0n) is 9.89. The van der Waals surface area contributed by atoms with Crippen LogP contribution in [-0.2, 0) is 6.54 Å². The summed E-state index contributed by atoms with van der Waals surface area (Å²) in [5.41, 5.74) is 5.83. The molecule has 5 heteroatoms.